The molecule has 1 aliphatic rings. The van der Waals surface area contributed by atoms with E-state index in [1.165, 1.54) is 12.1 Å². The van der Waals surface area contributed by atoms with Gasteiger partial charge in [0, 0.05) is 6.54 Å². The number of rotatable bonds is 3. The molecule has 0 unspecified atom stereocenters. The highest BCUT2D eigenvalue weighted by atomic mass is 19.2. The molecule has 0 aliphatic heterocycles. The van der Waals surface area contributed by atoms with Crippen LogP contribution in [0.1, 0.15) is 32.1 Å². The maximum absolute atomic E-state index is 13.4. The van der Waals surface area contributed by atoms with Crippen LogP contribution in [0, 0.1) is 11.6 Å². The SMILES string of the molecule is OC1(CNc2cccc(F)c2F)CCCCC1. The molecule has 0 aromatic heterocycles. The van der Waals surface area contributed by atoms with Crippen molar-refractivity contribution in [3.63, 3.8) is 0 Å². The molecule has 0 heterocycles. The van der Waals surface area contributed by atoms with Crippen LogP contribution in [-0.2, 0) is 0 Å². The average molecular weight is 241 g/mol. The predicted molar refractivity (Wildman–Crippen MR) is 62.9 cm³/mol. The van der Waals surface area contributed by atoms with Gasteiger partial charge in [0.05, 0.1) is 11.3 Å². The normalized spacial score (nSPS) is 19.0. The summed E-state index contributed by atoms with van der Waals surface area (Å²) < 4.78 is 26.3. The number of halogens is 2. The molecule has 1 saturated carbocycles. The van der Waals surface area contributed by atoms with Crippen molar-refractivity contribution >= 4 is 5.69 Å². The van der Waals surface area contributed by atoms with Crippen LogP contribution in [-0.4, -0.2) is 17.3 Å². The van der Waals surface area contributed by atoms with Crippen LogP contribution in [0.4, 0.5) is 14.5 Å². The zero-order chi connectivity index (χ0) is 12.3. The lowest BCUT2D eigenvalue weighted by molar-refractivity contribution is 0.0167. The van der Waals surface area contributed by atoms with Gasteiger partial charge in [-0.2, -0.15) is 0 Å². The number of benzene rings is 1. The third-order valence-electron chi connectivity index (χ3n) is 3.34. The van der Waals surface area contributed by atoms with E-state index in [4.69, 9.17) is 0 Å². The van der Waals surface area contributed by atoms with Crippen molar-refractivity contribution in [1.82, 2.24) is 0 Å². The molecule has 1 aromatic carbocycles. The fraction of sp³-hybridized carbons (Fsp3) is 0.538. The van der Waals surface area contributed by atoms with Crippen LogP contribution in [0.3, 0.4) is 0 Å². The zero-order valence-electron chi connectivity index (χ0n) is 9.68. The van der Waals surface area contributed by atoms with Crippen LogP contribution in [0.5, 0.6) is 0 Å². The summed E-state index contributed by atoms with van der Waals surface area (Å²) in [6.45, 7) is 0.271. The van der Waals surface area contributed by atoms with Crippen molar-refractivity contribution in [2.75, 3.05) is 11.9 Å². The van der Waals surface area contributed by atoms with Crippen LogP contribution in [0.2, 0.25) is 0 Å². The zero-order valence-corrected chi connectivity index (χ0v) is 9.68. The second-order valence-electron chi connectivity index (χ2n) is 4.74. The van der Waals surface area contributed by atoms with Crippen molar-refractivity contribution in [3.8, 4) is 0 Å². The Hall–Kier alpha value is -1.16. The largest absolute Gasteiger partial charge is 0.388 e. The van der Waals surface area contributed by atoms with E-state index >= 15 is 0 Å². The van der Waals surface area contributed by atoms with E-state index in [9.17, 15) is 13.9 Å². The lowest BCUT2D eigenvalue weighted by Crippen LogP contribution is -2.38. The van der Waals surface area contributed by atoms with Crippen LogP contribution >= 0.6 is 0 Å². The Balaban J connectivity index is 1.99. The summed E-state index contributed by atoms with van der Waals surface area (Å²) in [6.07, 6.45) is 4.55. The maximum Gasteiger partial charge on any atom is 0.181 e. The molecule has 1 aromatic rings. The molecular formula is C13H17F2NO. The number of hydrogen-bond acceptors (Lipinski definition) is 2. The lowest BCUT2D eigenvalue weighted by atomic mass is 9.85. The summed E-state index contributed by atoms with van der Waals surface area (Å²) in [5, 5.41) is 13.0. The highest BCUT2D eigenvalue weighted by molar-refractivity contribution is 5.45. The number of anilines is 1. The Labute approximate surface area is 99.7 Å². The van der Waals surface area contributed by atoms with E-state index in [-0.39, 0.29) is 12.2 Å². The first-order chi connectivity index (χ1) is 8.11. The maximum atomic E-state index is 13.4. The van der Waals surface area contributed by atoms with Crippen molar-refractivity contribution in [2.45, 2.75) is 37.7 Å². The predicted octanol–water partition coefficient (Wildman–Crippen LogP) is 3.07. The van der Waals surface area contributed by atoms with E-state index in [0.717, 1.165) is 38.2 Å². The monoisotopic (exact) mass is 241 g/mol. The minimum atomic E-state index is -0.882. The van der Waals surface area contributed by atoms with E-state index in [1.54, 1.807) is 0 Å². The fourth-order valence-corrected chi connectivity index (χ4v) is 2.29. The van der Waals surface area contributed by atoms with Gasteiger partial charge >= 0.3 is 0 Å². The van der Waals surface area contributed by atoms with Gasteiger partial charge in [0.2, 0.25) is 0 Å². The minimum absolute atomic E-state index is 0.115. The molecule has 2 N–H and O–H groups in total. The lowest BCUT2D eigenvalue weighted by Gasteiger charge is -2.32. The summed E-state index contributed by atoms with van der Waals surface area (Å²) in [6, 6.07) is 4.01. The van der Waals surface area contributed by atoms with E-state index in [2.05, 4.69) is 5.32 Å². The Morgan fingerprint density at radius 1 is 1.18 bits per heavy atom. The number of aliphatic hydroxyl groups is 1. The number of nitrogens with one attached hydrogen (secondary N) is 1. The molecule has 2 nitrogen and oxygen atoms in total. The summed E-state index contributed by atoms with van der Waals surface area (Å²) in [5.41, 5.74) is -0.666. The van der Waals surface area contributed by atoms with Crippen molar-refractivity contribution < 1.29 is 13.9 Å². The summed E-state index contributed by atoms with van der Waals surface area (Å²) in [7, 11) is 0. The Morgan fingerprint density at radius 3 is 2.59 bits per heavy atom. The molecule has 17 heavy (non-hydrogen) atoms. The highest BCUT2D eigenvalue weighted by Gasteiger charge is 2.29. The molecule has 4 heteroatoms. The first-order valence-electron chi connectivity index (χ1n) is 6.01. The fourth-order valence-electron chi connectivity index (χ4n) is 2.29. The van der Waals surface area contributed by atoms with Gasteiger partial charge < -0.3 is 10.4 Å². The quantitative estimate of drug-likeness (QED) is 0.852. The molecular weight excluding hydrogens is 224 g/mol. The minimum Gasteiger partial charge on any atom is -0.388 e. The Morgan fingerprint density at radius 2 is 1.88 bits per heavy atom. The molecule has 0 saturated heterocycles. The first kappa shape index (κ1) is 12.3. The Bertz CT molecular complexity index is 389. The molecule has 0 bridgehead atoms. The summed E-state index contributed by atoms with van der Waals surface area (Å²) in [4.78, 5) is 0. The van der Waals surface area contributed by atoms with Crippen LogP contribution in [0.25, 0.3) is 0 Å². The topological polar surface area (TPSA) is 32.3 Å². The van der Waals surface area contributed by atoms with Gasteiger partial charge in [-0.15, -0.1) is 0 Å². The molecule has 94 valence electrons. The van der Waals surface area contributed by atoms with Crippen molar-refractivity contribution in [1.29, 1.82) is 0 Å². The number of hydrogen-bond donors (Lipinski definition) is 2. The van der Waals surface area contributed by atoms with Gasteiger partial charge in [-0.05, 0) is 25.0 Å². The second-order valence-corrected chi connectivity index (χ2v) is 4.74. The summed E-state index contributed by atoms with van der Waals surface area (Å²) >= 11 is 0. The van der Waals surface area contributed by atoms with Crippen LogP contribution < -0.4 is 5.32 Å². The van der Waals surface area contributed by atoms with Gasteiger partial charge in [0.25, 0.3) is 0 Å². The second kappa shape index (κ2) is 5.00. The van der Waals surface area contributed by atoms with E-state index in [1.807, 2.05) is 0 Å². The molecule has 1 fully saturated rings. The third-order valence-corrected chi connectivity index (χ3v) is 3.34. The van der Waals surface area contributed by atoms with Crippen molar-refractivity contribution in [2.24, 2.45) is 0 Å². The molecule has 1 aliphatic carbocycles. The van der Waals surface area contributed by atoms with E-state index < -0.39 is 17.2 Å². The Kier molecular flexibility index (Phi) is 3.62. The summed E-state index contributed by atoms with van der Waals surface area (Å²) in [5.74, 6) is -1.75. The molecule has 0 amide bonds. The highest BCUT2D eigenvalue weighted by Crippen LogP contribution is 2.28. The molecule has 0 atom stereocenters. The van der Waals surface area contributed by atoms with Gasteiger partial charge in [-0.25, -0.2) is 8.78 Å². The van der Waals surface area contributed by atoms with E-state index in [0.29, 0.717) is 0 Å². The smallest absolute Gasteiger partial charge is 0.181 e. The molecule has 0 radical (unpaired) electrons. The van der Waals surface area contributed by atoms with Crippen molar-refractivity contribution in [3.05, 3.63) is 29.8 Å². The molecule has 2 rings (SSSR count). The average Bonchev–Trinajstić information content (AvgIpc) is 2.32. The van der Waals surface area contributed by atoms with Gasteiger partial charge in [0.15, 0.2) is 11.6 Å². The van der Waals surface area contributed by atoms with Gasteiger partial charge in [-0.1, -0.05) is 25.3 Å². The standard InChI is InChI=1S/C13H17F2NO/c14-10-5-4-6-11(12(10)15)16-9-13(17)7-2-1-3-8-13/h4-6,16-17H,1-3,7-9H2. The molecule has 0 spiro atoms. The van der Waals surface area contributed by atoms with Crippen LogP contribution in [0.15, 0.2) is 18.2 Å². The first-order valence-corrected chi connectivity index (χ1v) is 6.01. The third kappa shape index (κ3) is 2.94. The van der Waals surface area contributed by atoms with Gasteiger partial charge in [0.1, 0.15) is 0 Å². The van der Waals surface area contributed by atoms with Gasteiger partial charge in [-0.3, -0.25) is 0 Å².